The van der Waals surface area contributed by atoms with Gasteiger partial charge in [-0.05, 0) is 19.9 Å². The average molecular weight is 458 g/mol. The number of carboxylic acid groups (broad SMARTS) is 1. The maximum Gasteiger partial charge on any atom is 1.00 e. The first-order valence-corrected chi connectivity index (χ1v) is 8.10. The first-order chi connectivity index (χ1) is 11.8. The number of nitrogens with zero attached hydrogens (tertiary/aromatic N) is 2. The second kappa shape index (κ2) is 7.87. The molecular formula is C17H18AgF2N3O3. The Balaban J connectivity index is 0.00000243. The van der Waals surface area contributed by atoms with Crippen LogP contribution in [-0.4, -0.2) is 36.2 Å². The molecule has 9 heteroatoms. The molecule has 144 valence electrons. The quantitative estimate of drug-likeness (QED) is 0.677. The number of halogens is 2. The van der Waals surface area contributed by atoms with Crippen LogP contribution in [0, 0.1) is 11.6 Å². The second-order valence-corrected chi connectivity index (χ2v) is 6.16. The summed E-state index contributed by atoms with van der Waals surface area (Å²) in [6, 6.07) is 0.985. The van der Waals surface area contributed by atoms with Gasteiger partial charge in [0, 0.05) is 38.4 Å². The third-order valence-electron chi connectivity index (χ3n) is 4.48. The molecule has 1 aromatic carbocycles. The fraction of sp³-hybridized carbons (Fsp3) is 0.412. The van der Waals surface area contributed by atoms with E-state index >= 15 is 4.39 Å². The minimum Gasteiger partial charge on any atom is -0.545 e. The van der Waals surface area contributed by atoms with Gasteiger partial charge in [0.15, 0.2) is 11.2 Å². The maximum atomic E-state index is 15.2. The molecule has 0 radical (unpaired) electrons. The maximum absolute atomic E-state index is 15.2. The van der Waals surface area contributed by atoms with E-state index in [2.05, 4.69) is 5.32 Å². The molecule has 0 aliphatic carbocycles. The summed E-state index contributed by atoms with van der Waals surface area (Å²) in [6.07, 6.45) is 1.05. The summed E-state index contributed by atoms with van der Waals surface area (Å²) < 4.78 is 31.1. The van der Waals surface area contributed by atoms with Crippen molar-refractivity contribution < 1.29 is 41.1 Å². The van der Waals surface area contributed by atoms with Gasteiger partial charge in [-0.1, -0.05) is 0 Å². The minimum atomic E-state index is -1.67. The molecule has 1 aromatic heterocycles. The van der Waals surface area contributed by atoms with Crippen LogP contribution < -0.4 is 20.8 Å². The summed E-state index contributed by atoms with van der Waals surface area (Å²) in [5, 5.41) is 14.0. The Bertz CT molecular complexity index is 916. The number of carbonyl (C=O) groups is 1. The molecule has 0 spiro atoms. The first kappa shape index (κ1) is 20.6. The Kier molecular flexibility index (Phi) is 6.23. The molecule has 1 unspecified atom stereocenters. The number of benzene rings is 1. The first-order valence-electron chi connectivity index (χ1n) is 8.10. The van der Waals surface area contributed by atoms with Crippen molar-refractivity contribution in [2.75, 3.05) is 24.5 Å². The number of aromatic nitrogens is 1. The molecular weight excluding hydrogens is 440 g/mol. The monoisotopic (exact) mass is 457 g/mol. The summed E-state index contributed by atoms with van der Waals surface area (Å²) in [7, 11) is 0. The van der Waals surface area contributed by atoms with Crippen LogP contribution in [0.25, 0.3) is 10.9 Å². The number of aryl methyl sites for hydroxylation is 1. The number of hydrogen-bond acceptors (Lipinski definition) is 5. The predicted molar refractivity (Wildman–Crippen MR) is 87.8 cm³/mol. The molecule has 6 nitrogen and oxygen atoms in total. The zero-order valence-corrected chi connectivity index (χ0v) is 15.7. The van der Waals surface area contributed by atoms with Crippen LogP contribution in [0.5, 0.6) is 0 Å². The predicted octanol–water partition coefficient (Wildman–Crippen LogP) is 0.459. The topological polar surface area (TPSA) is 77.4 Å². The molecule has 1 saturated heterocycles. The number of piperazine rings is 1. The third-order valence-corrected chi connectivity index (χ3v) is 4.48. The zero-order valence-electron chi connectivity index (χ0n) is 14.2. The standard InChI is InChI=1S/C17H19F2N3O3.Ag/c1-3-21-8-11(17(24)25)16(23)10-6-12(18)15(13(19)14(10)21)22-5-4-20-9(2)7-22;/h6,8-9,20H,3-5,7H2,1-2H3,(H,24,25);/q;+1/p-1. The summed E-state index contributed by atoms with van der Waals surface area (Å²) in [4.78, 5) is 25.0. The molecule has 1 fully saturated rings. The number of fused-ring (bicyclic) bond motifs is 1. The Hall–Kier alpha value is -1.74. The van der Waals surface area contributed by atoms with E-state index in [1.165, 1.54) is 4.57 Å². The molecule has 0 amide bonds. The van der Waals surface area contributed by atoms with Gasteiger partial charge in [0.25, 0.3) is 0 Å². The molecule has 2 heterocycles. The van der Waals surface area contributed by atoms with E-state index in [0.717, 1.165) is 12.3 Å². The van der Waals surface area contributed by atoms with Crippen LogP contribution >= 0.6 is 0 Å². The van der Waals surface area contributed by atoms with Gasteiger partial charge in [-0.25, -0.2) is 8.78 Å². The molecule has 1 aliphatic heterocycles. The van der Waals surface area contributed by atoms with E-state index in [1.54, 1.807) is 11.8 Å². The van der Waals surface area contributed by atoms with Crippen molar-refractivity contribution in [3.8, 4) is 0 Å². The van der Waals surface area contributed by atoms with Gasteiger partial charge in [0.05, 0.1) is 22.4 Å². The fourth-order valence-electron chi connectivity index (χ4n) is 3.30. The van der Waals surface area contributed by atoms with Crippen molar-refractivity contribution in [2.24, 2.45) is 0 Å². The van der Waals surface area contributed by atoms with E-state index < -0.39 is 28.6 Å². The Morgan fingerprint density at radius 2 is 2.12 bits per heavy atom. The van der Waals surface area contributed by atoms with Gasteiger partial charge in [0.2, 0.25) is 0 Å². The molecule has 3 rings (SSSR count). The second-order valence-electron chi connectivity index (χ2n) is 6.16. The summed E-state index contributed by atoms with van der Waals surface area (Å²) in [6.45, 7) is 5.25. The smallest absolute Gasteiger partial charge is 0.545 e. The van der Waals surface area contributed by atoms with E-state index in [-0.39, 0.29) is 51.6 Å². The van der Waals surface area contributed by atoms with Crippen LogP contribution in [0.2, 0.25) is 0 Å². The largest absolute Gasteiger partial charge is 1.00 e. The van der Waals surface area contributed by atoms with E-state index in [0.29, 0.717) is 19.6 Å². The molecule has 1 atom stereocenters. The Morgan fingerprint density at radius 3 is 2.69 bits per heavy atom. The van der Waals surface area contributed by atoms with Crippen LogP contribution in [0.4, 0.5) is 14.5 Å². The molecule has 1 aliphatic rings. The number of aromatic carboxylic acids is 1. The van der Waals surface area contributed by atoms with E-state index in [1.807, 2.05) is 6.92 Å². The third kappa shape index (κ3) is 3.42. The Labute approximate surface area is 164 Å². The molecule has 0 saturated carbocycles. The molecule has 0 bridgehead atoms. The van der Waals surface area contributed by atoms with Gasteiger partial charge in [-0.3, -0.25) is 4.79 Å². The number of carbonyl (C=O) groups excluding carboxylic acids is 1. The summed E-state index contributed by atoms with van der Waals surface area (Å²) in [5.41, 5.74) is -1.85. The number of carboxylic acids is 1. The van der Waals surface area contributed by atoms with Crippen molar-refractivity contribution in [3.63, 3.8) is 0 Å². The normalized spacial score (nSPS) is 17.2. The number of anilines is 1. The van der Waals surface area contributed by atoms with Gasteiger partial charge in [0.1, 0.15) is 11.5 Å². The van der Waals surface area contributed by atoms with Crippen LogP contribution in [0.3, 0.4) is 0 Å². The summed E-state index contributed by atoms with van der Waals surface area (Å²) in [5.74, 6) is -3.41. The molecule has 26 heavy (non-hydrogen) atoms. The average Bonchev–Trinajstić information content (AvgIpc) is 2.55. The van der Waals surface area contributed by atoms with Crippen molar-refractivity contribution in [3.05, 3.63) is 39.7 Å². The molecule has 1 N–H and O–H groups in total. The van der Waals surface area contributed by atoms with Gasteiger partial charge < -0.3 is 24.7 Å². The van der Waals surface area contributed by atoms with E-state index in [4.69, 9.17) is 0 Å². The molecule has 2 aromatic rings. The summed E-state index contributed by atoms with van der Waals surface area (Å²) >= 11 is 0. The number of pyridine rings is 1. The SMILES string of the molecule is CCn1cc(C(=O)[O-])c(=O)c2cc(F)c(N3CCNC(C)C3)c(F)c21.[Ag+]. The fourth-order valence-corrected chi connectivity index (χ4v) is 3.30. The van der Waals surface area contributed by atoms with Crippen molar-refractivity contribution >= 4 is 22.6 Å². The van der Waals surface area contributed by atoms with Crippen LogP contribution in [0.1, 0.15) is 24.2 Å². The van der Waals surface area contributed by atoms with Gasteiger partial charge >= 0.3 is 22.4 Å². The van der Waals surface area contributed by atoms with Gasteiger partial charge in [-0.2, -0.15) is 0 Å². The van der Waals surface area contributed by atoms with Crippen LogP contribution in [0.15, 0.2) is 17.1 Å². The zero-order chi connectivity index (χ0) is 18.3. The number of rotatable bonds is 3. The van der Waals surface area contributed by atoms with Crippen molar-refractivity contribution in [1.29, 1.82) is 0 Å². The number of hydrogen-bond donors (Lipinski definition) is 1. The Morgan fingerprint density at radius 1 is 1.42 bits per heavy atom. The van der Waals surface area contributed by atoms with Crippen LogP contribution in [-0.2, 0) is 28.9 Å². The van der Waals surface area contributed by atoms with Crippen molar-refractivity contribution in [2.45, 2.75) is 26.4 Å². The van der Waals surface area contributed by atoms with Crippen molar-refractivity contribution in [1.82, 2.24) is 9.88 Å². The number of nitrogens with one attached hydrogen (secondary N) is 1. The van der Waals surface area contributed by atoms with Gasteiger partial charge in [-0.15, -0.1) is 0 Å². The minimum absolute atomic E-state index is 0. The van der Waals surface area contributed by atoms with E-state index in [9.17, 15) is 19.1 Å².